The molecule has 0 fully saturated rings. The predicted octanol–water partition coefficient (Wildman–Crippen LogP) is 3.07. The zero-order chi connectivity index (χ0) is 15.4. The number of nitriles is 1. The molecule has 0 atom stereocenters. The third-order valence-electron chi connectivity index (χ3n) is 2.99. The van der Waals surface area contributed by atoms with Crippen molar-refractivity contribution in [1.29, 1.82) is 5.26 Å². The minimum absolute atomic E-state index is 0.0796. The van der Waals surface area contributed by atoms with Crippen LogP contribution in [-0.4, -0.2) is 5.91 Å². The van der Waals surface area contributed by atoms with Crippen LogP contribution >= 0.6 is 0 Å². The van der Waals surface area contributed by atoms with Crippen LogP contribution in [0.2, 0.25) is 0 Å². The second-order valence-corrected chi connectivity index (χ2v) is 4.58. The van der Waals surface area contributed by atoms with Crippen molar-refractivity contribution in [2.75, 3.05) is 0 Å². The van der Waals surface area contributed by atoms with E-state index in [-0.39, 0.29) is 23.2 Å². The molecule has 0 saturated heterocycles. The lowest BCUT2D eigenvalue weighted by Crippen LogP contribution is -2.24. The number of hydrogen-bond acceptors (Lipinski definition) is 2. The summed E-state index contributed by atoms with van der Waals surface area (Å²) in [5, 5.41) is 11.1. The minimum Gasteiger partial charge on any atom is -0.348 e. The maximum absolute atomic E-state index is 13.7. The summed E-state index contributed by atoms with van der Waals surface area (Å²) in [5.74, 6) is -1.82. The van der Waals surface area contributed by atoms with Crippen LogP contribution in [0, 0.1) is 29.9 Å². The van der Waals surface area contributed by atoms with Crippen LogP contribution < -0.4 is 5.32 Å². The van der Waals surface area contributed by atoms with Gasteiger partial charge in [-0.3, -0.25) is 4.79 Å². The van der Waals surface area contributed by atoms with Crippen LogP contribution in [-0.2, 0) is 6.54 Å². The number of benzene rings is 2. The fourth-order valence-electron chi connectivity index (χ4n) is 1.84. The summed E-state index contributed by atoms with van der Waals surface area (Å²) in [5.41, 5.74) is 1.11. The highest BCUT2D eigenvalue weighted by Crippen LogP contribution is 2.12. The molecule has 0 heterocycles. The van der Waals surface area contributed by atoms with Crippen molar-refractivity contribution >= 4 is 5.91 Å². The Kier molecular flexibility index (Phi) is 4.29. The van der Waals surface area contributed by atoms with Gasteiger partial charge < -0.3 is 5.32 Å². The SMILES string of the molecule is Cc1ccc(F)c(C(=O)NCc2ccc(C#N)cc2F)c1. The molecular formula is C16H12F2N2O. The van der Waals surface area contributed by atoms with Crippen LogP contribution in [0.15, 0.2) is 36.4 Å². The highest BCUT2D eigenvalue weighted by molar-refractivity contribution is 5.94. The first-order valence-electron chi connectivity index (χ1n) is 6.24. The highest BCUT2D eigenvalue weighted by Gasteiger charge is 2.12. The van der Waals surface area contributed by atoms with Crippen molar-refractivity contribution in [1.82, 2.24) is 5.32 Å². The Morgan fingerprint density at radius 2 is 1.95 bits per heavy atom. The van der Waals surface area contributed by atoms with Gasteiger partial charge in [-0.15, -0.1) is 0 Å². The van der Waals surface area contributed by atoms with Crippen LogP contribution in [0.4, 0.5) is 8.78 Å². The van der Waals surface area contributed by atoms with E-state index < -0.39 is 17.5 Å². The molecule has 3 nitrogen and oxygen atoms in total. The molecule has 0 unspecified atom stereocenters. The largest absolute Gasteiger partial charge is 0.348 e. The Morgan fingerprint density at radius 1 is 1.19 bits per heavy atom. The Bertz CT molecular complexity index is 736. The number of carbonyl (C=O) groups excluding carboxylic acids is 1. The summed E-state index contributed by atoms with van der Waals surface area (Å²) in [4.78, 5) is 11.9. The van der Waals surface area contributed by atoms with Crippen molar-refractivity contribution in [3.05, 3.63) is 70.3 Å². The number of carbonyl (C=O) groups is 1. The Labute approximate surface area is 120 Å². The molecule has 2 aromatic rings. The van der Waals surface area contributed by atoms with Gasteiger partial charge in [0.25, 0.3) is 5.91 Å². The van der Waals surface area contributed by atoms with Crippen molar-refractivity contribution in [3.63, 3.8) is 0 Å². The molecule has 0 aromatic heterocycles. The van der Waals surface area contributed by atoms with Gasteiger partial charge in [0.05, 0.1) is 17.2 Å². The van der Waals surface area contributed by atoms with Crippen molar-refractivity contribution in [3.8, 4) is 6.07 Å². The Balaban J connectivity index is 2.11. The van der Waals surface area contributed by atoms with E-state index in [9.17, 15) is 13.6 Å². The van der Waals surface area contributed by atoms with E-state index in [0.29, 0.717) is 0 Å². The summed E-state index contributed by atoms with van der Waals surface area (Å²) < 4.78 is 27.2. The second-order valence-electron chi connectivity index (χ2n) is 4.58. The Hall–Kier alpha value is -2.74. The summed E-state index contributed by atoms with van der Waals surface area (Å²) >= 11 is 0. The van der Waals surface area contributed by atoms with E-state index in [1.807, 2.05) is 6.07 Å². The van der Waals surface area contributed by atoms with Gasteiger partial charge >= 0.3 is 0 Å². The van der Waals surface area contributed by atoms with Crippen molar-refractivity contribution in [2.45, 2.75) is 13.5 Å². The van der Waals surface area contributed by atoms with Crippen molar-refractivity contribution < 1.29 is 13.6 Å². The molecule has 21 heavy (non-hydrogen) atoms. The molecule has 2 rings (SSSR count). The average molecular weight is 286 g/mol. The molecule has 0 radical (unpaired) electrons. The number of aryl methyl sites for hydroxylation is 1. The molecular weight excluding hydrogens is 274 g/mol. The van der Waals surface area contributed by atoms with Gasteiger partial charge in [-0.05, 0) is 31.2 Å². The zero-order valence-electron chi connectivity index (χ0n) is 11.3. The van der Waals surface area contributed by atoms with Gasteiger partial charge in [0.1, 0.15) is 11.6 Å². The maximum atomic E-state index is 13.7. The molecule has 0 aliphatic heterocycles. The van der Waals surface area contributed by atoms with E-state index >= 15 is 0 Å². The van der Waals surface area contributed by atoms with E-state index in [4.69, 9.17) is 5.26 Å². The maximum Gasteiger partial charge on any atom is 0.254 e. The third-order valence-corrected chi connectivity index (χ3v) is 2.99. The van der Waals surface area contributed by atoms with E-state index in [1.165, 1.54) is 24.3 Å². The summed E-state index contributed by atoms with van der Waals surface area (Å²) in [6, 6.07) is 10.00. The lowest BCUT2D eigenvalue weighted by molar-refractivity contribution is 0.0946. The number of amides is 1. The summed E-state index contributed by atoms with van der Waals surface area (Å²) in [6.07, 6.45) is 0. The van der Waals surface area contributed by atoms with Crippen LogP contribution in [0.1, 0.15) is 27.0 Å². The Morgan fingerprint density at radius 3 is 2.62 bits per heavy atom. The highest BCUT2D eigenvalue weighted by atomic mass is 19.1. The fraction of sp³-hybridized carbons (Fsp3) is 0.125. The normalized spacial score (nSPS) is 10.0. The monoisotopic (exact) mass is 286 g/mol. The molecule has 106 valence electrons. The molecule has 0 bridgehead atoms. The quantitative estimate of drug-likeness (QED) is 0.942. The lowest BCUT2D eigenvalue weighted by atomic mass is 10.1. The summed E-state index contributed by atoms with van der Waals surface area (Å²) in [7, 11) is 0. The zero-order valence-corrected chi connectivity index (χ0v) is 11.3. The second kappa shape index (κ2) is 6.14. The molecule has 1 amide bonds. The first-order valence-corrected chi connectivity index (χ1v) is 6.24. The van der Waals surface area contributed by atoms with Gasteiger partial charge in [-0.2, -0.15) is 5.26 Å². The van der Waals surface area contributed by atoms with E-state index in [0.717, 1.165) is 11.6 Å². The number of rotatable bonds is 3. The number of nitrogens with one attached hydrogen (secondary N) is 1. The number of hydrogen-bond donors (Lipinski definition) is 1. The first kappa shape index (κ1) is 14.7. The number of halogens is 2. The summed E-state index contributed by atoms with van der Waals surface area (Å²) in [6.45, 7) is 1.67. The molecule has 0 aliphatic carbocycles. The minimum atomic E-state index is -0.626. The molecule has 0 spiro atoms. The predicted molar refractivity (Wildman–Crippen MR) is 73.4 cm³/mol. The molecule has 5 heteroatoms. The topological polar surface area (TPSA) is 52.9 Å². The third kappa shape index (κ3) is 3.42. The molecule has 1 N–H and O–H groups in total. The molecule has 0 saturated carbocycles. The van der Waals surface area contributed by atoms with Crippen molar-refractivity contribution in [2.24, 2.45) is 0 Å². The smallest absolute Gasteiger partial charge is 0.254 e. The van der Waals surface area contributed by atoms with E-state index in [1.54, 1.807) is 13.0 Å². The van der Waals surface area contributed by atoms with Crippen LogP contribution in [0.3, 0.4) is 0 Å². The lowest BCUT2D eigenvalue weighted by Gasteiger charge is -2.08. The molecule has 2 aromatic carbocycles. The number of nitrogens with zero attached hydrogens (tertiary/aromatic N) is 1. The molecule has 0 aliphatic rings. The van der Waals surface area contributed by atoms with Crippen LogP contribution in [0.5, 0.6) is 0 Å². The fourth-order valence-corrected chi connectivity index (χ4v) is 1.84. The van der Waals surface area contributed by atoms with Gasteiger partial charge in [-0.25, -0.2) is 8.78 Å². The van der Waals surface area contributed by atoms with E-state index in [2.05, 4.69) is 5.32 Å². The van der Waals surface area contributed by atoms with Gasteiger partial charge in [0.2, 0.25) is 0 Å². The van der Waals surface area contributed by atoms with Gasteiger partial charge in [-0.1, -0.05) is 17.7 Å². The van der Waals surface area contributed by atoms with Gasteiger partial charge in [0, 0.05) is 12.1 Å². The van der Waals surface area contributed by atoms with Gasteiger partial charge in [0.15, 0.2) is 0 Å². The average Bonchev–Trinajstić information content (AvgIpc) is 2.48. The van der Waals surface area contributed by atoms with Crippen LogP contribution in [0.25, 0.3) is 0 Å². The first-order chi connectivity index (χ1) is 10.0. The standard InChI is InChI=1S/C16H12F2N2O/c1-10-2-5-14(17)13(6-10)16(21)20-9-12-4-3-11(8-19)7-15(12)18/h2-7H,9H2,1H3,(H,20,21).